The molecule has 3 rings (SSSR count). The number of rotatable bonds is 6. The van der Waals surface area contributed by atoms with E-state index < -0.39 is 0 Å². The molecule has 0 fully saturated rings. The van der Waals surface area contributed by atoms with Gasteiger partial charge in [0, 0.05) is 25.8 Å². The Labute approximate surface area is 138 Å². The lowest BCUT2D eigenvalue weighted by Crippen LogP contribution is -2.20. The maximum Gasteiger partial charge on any atom is 0.154 e. The van der Waals surface area contributed by atoms with E-state index >= 15 is 0 Å². The monoisotopic (exact) mass is 359 g/mol. The van der Waals surface area contributed by atoms with Gasteiger partial charge in [0.05, 0.1) is 6.20 Å². The first-order valence-electron chi connectivity index (χ1n) is 7.24. The molecule has 5 nitrogen and oxygen atoms in total. The van der Waals surface area contributed by atoms with Crippen LogP contribution in [0.3, 0.4) is 0 Å². The summed E-state index contributed by atoms with van der Waals surface area (Å²) >= 11 is 3.43. The summed E-state index contributed by atoms with van der Waals surface area (Å²) in [7, 11) is 2.11. The highest BCUT2D eigenvalue weighted by Crippen LogP contribution is 2.14. The molecule has 2 heterocycles. The number of hydrogen-bond acceptors (Lipinski definition) is 4. The molecule has 0 unspecified atom stereocenters. The minimum Gasteiger partial charge on any atom is -0.375 e. The van der Waals surface area contributed by atoms with Gasteiger partial charge in [-0.05, 0) is 46.6 Å². The van der Waals surface area contributed by atoms with Crippen LogP contribution >= 0.6 is 15.9 Å². The number of hydrogen-bond donors (Lipinski definition) is 1. The largest absolute Gasteiger partial charge is 0.375 e. The molecule has 2 aromatic heterocycles. The van der Waals surface area contributed by atoms with Crippen LogP contribution in [0.4, 0.5) is 11.5 Å². The van der Waals surface area contributed by atoms with E-state index in [9.17, 15) is 0 Å². The van der Waals surface area contributed by atoms with Gasteiger partial charge < -0.3 is 10.2 Å². The van der Waals surface area contributed by atoms with Crippen LogP contribution in [0.25, 0.3) is 5.65 Å². The van der Waals surface area contributed by atoms with Crippen LogP contribution < -0.4 is 10.2 Å². The van der Waals surface area contributed by atoms with Gasteiger partial charge in [-0.2, -0.15) is 0 Å². The zero-order valence-corrected chi connectivity index (χ0v) is 14.0. The lowest BCUT2D eigenvalue weighted by Gasteiger charge is -2.19. The van der Waals surface area contributed by atoms with Crippen LogP contribution in [0.2, 0.25) is 0 Å². The molecule has 0 radical (unpaired) electrons. The average molecular weight is 360 g/mol. The lowest BCUT2D eigenvalue weighted by molar-refractivity contribution is 0.808. The zero-order chi connectivity index (χ0) is 15.4. The second-order valence-electron chi connectivity index (χ2n) is 5.11. The molecule has 0 saturated heterocycles. The number of imidazole rings is 1. The van der Waals surface area contributed by atoms with Gasteiger partial charge in [0.2, 0.25) is 0 Å². The van der Waals surface area contributed by atoms with Crippen molar-refractivity contribution in [2.24, 2.45) is 0 Å². The fraction of sp³-hybridized carbons (Fsp3) is 0.250. The predicted molar refractivity (Wildman–Crippen MR) is 93.5 cm³/mol. The van der Waals surface area contributed by atoms with E-state index in [0.29, 0.717) is 0 Å². The highest BCUT2D eigenvalue weighted by atomic mass is 79.9. The number of aromatic nitrogens is 3. The van der Waals surface area contributed by atoms with E-state index in [0.717, 1.165) is 35.6 Å². The van der Waals surface area contributed by atoms with Gasteiger partial charge in [0.1, 0.15) is 10.4 Å². The number of para-hydroxylation sites is 1. The summed E-state index contributed by atoms with van der Waals surface area (Å²) in [6.45, 7) is 1.87. The van der Waals surface area contributed by atoms with E-state index in [4.69, 9.17) is 0 Å². The average Bonchev–Trinajstić information content (AvgIpc) is 2.93. The van der Waals surface area contributed by atoms with Gasteiger partial charge in [-0.1, -0.05) is 18.2 Å². The standard InChI is InChI=1S/C16H18BrN5/c1-21(13-6-3-2-4-7-13)11-5-10-18-15-8-9-16-19-12-14(17)22(16)20-15/h2-4,6-9,12H,5,10-11H2,1H3,(H,18,20). The fourth-order valence-corrected chi connectivity index (χ4v) is 2.65. The minimum absolute atomic E-state index is 0.834. The summed E-state index contributed by atoms with van der Waals surface area (Å²) in [6.07, 6.45) is 2.79. The van der Waals surface area contributed by atoms with Crippen LogP contribution in [-0.2, 0) is 0 Å². The molecular formula is C16H18BrN5. The molecule has 3 aromatic rings. The molecule has 0 aliphatic rings. The maximum atomic E-state index is 4.49. The molecule has 0 aliphatic carbocycles. The zero-order valence-electron chi connectivity index (χ0n) is 12.4. The Morgan fingerprint density at radius 3 is 2.82 bits per heavy atom. The summed E-state index contributed by atoms with van der Waals surface area (Å²) < 4.78 is 2.63. The molecule has 1 N–H and O–H groups in total. The van der Waals surface area contributed by atoms with Crippen molar-refractivity contribution < 1.29 is 0 Å². The number of nitrogens with zero attached hydrogens (tertiary/aromatic N) is 4. The molecule has 22 heavy (non-hydrogen) atoms. The van der Waals surface area contributed by atoms with Gasteiger partial charge in [-0.3, -0.25) is 0 Å². The fourth-order valence-electron chi connectivity index (χ4n) is 2.28. The van der Waals surface area contributed by atoms with E-state index in [2.05, 4.69) is 67.5 Å². The van der Waals surface area contributed by atoms with Gasteiger partial charge in [-0.15, -0.1) is 5.10 Å². The van der Waals surface area contributed by atoms with Gasteiger partial charge in [0.15, 0.2) is 5.65 Å². The third-order valence-electron chi connectivity index (χ3n) is 3.49. The molecule has 0 saturated carbocycles. The van der Waals surface area contributed by atoms with Crippen LogP contribution in [-0.4, -0.2) is 34.7 Å². The number of benzene rings is 1. The molecule has 0 aliphatic heterocycles. The van der Waals surface area contributed by atoms with Crippen molar-refractivity contribution >= 4 is 33.1 Å². The first-order valence-corrected chi connectivity index (χ1v) is 8.04. The van der Waals surface area contributed by atoms with Gasteiger partial charge in [-0.25, -0.2) is 9.50 Å². The summed E-state index contributed by atoms with van der Waals surface area (Å²) in [4.78, 5) is 6.49. The Hall–Kier alpha value is -2.08. The van der Waals surface area contributed by atoms with E-state index in [-0.39, 0.29) is 0 Å². The third kappa shape index (κ3) is 3.39. The van der Waals surface area contributed by atoms with Crippen molar-refractivity contribution in [3.05, 3.63) is 53.3 Å². The number of nitrogens with one attached hydrogen (secondary N) is 1. The van der Waals surface area contributed by atoms with Crippen LogP contribution in [0, 0.1) is 0 Å². The Balaban J connectivity index is 1.51. The molecule has 1 aromatic carbocycles. The van der Waals surface area contributed by atoms with E-state index in [1.807, 2.05) is 18.2 Å². The topological polar surface area (TPSA) is 45.5 Å². The van der Waals surface area contributed by atoms with E-state index in [1.54, 1.807) is 10.7 Å². The second-order valence-corrected chi connectivity index (χ2v) is 5.92. The molecule has 6 heteroatoms. The third-order valence-corrected chi connectivity index (χ3v) is 4.03. The number of anilines is 2. The molecule has 114 valence electrons. The normalized spacial score (nSPS) is 10.8. The quantitative estimate of drug-likeness (QED) is 0.684. The van der Waals surface area contributed by atoms with Crippen molar-refractivity contribution in [3.8, 4) is 0 Å². The van der Waals surface area contributed by atoms with Crippen molar-refractivity contribution in [1.82, 2.24) is 14.6 Å². The first kappa shape index (κ1) is 14.8. The Morgan fingerprint density at radius 2 is 2.00 bits per heavy atom. The number of fused-ring (bicyclic) bond motifs is 1. The van der Waals surface area contributed by atoms with Gasteiger partial charge in [0.25, 0.3) is 0 Å². The lowest BCUT2D eigenvalue weighted by atomic mass is 10.3. The second kappa shape index (κ2) is 6.79. The van der Waals surface area contributed by atoms with Crippen LogP contribution in [0.1, 0.15) is 6.42 Å². The van der Waals surface area contributed by atoms with Crippen LogP contribution in [0.15, 0.2) is 53.3 Å². The summed E-state index contributed by atoms with van der Waals surface area (Å²) in [5, 5.41) is 7.85. The van der Waals surface area contributed by atoms with Crippen molar-refractivity contribution in [1.29, 1.82) is 0 Å². The maximum absolute atomic E-state index is 4.49. The molecule has 0 bridgehead atoms. The highest BCUT2D eigenvalue weighted by molar-refractivity contribution is 9.10. The highest BCUT2D eigenvalue weighted by Gasteiger charge is 2.03. The minimum atomic E-state index is 0.834. The first-order chi connectivity index (χ1) is 10.7. The Kier molecular flexibility index (Phi) is 4.58. The Morgan fingerprint density at radius 1 is 1.18 bits per heavy atom. The molecule has 0 atom stereocenters. The predicted octanol–water partition coefficient (Wildman–Crippen LogP) is 3.43. The summed E-state index contributed by atoms with van der Waals surface area (Å²) in [5.41, 5.74) is 2.07. The smallest absolute Gasteiger partial charge is 0.154 e. The van der Waals surface area contributed by atoms with Gasteiger partial charge >= 0.3 is 0 Å². The van der Waals surface area contributed by atoms with Crippen LogP contribution in [0.5, 0.6) is 0 Å². The molecule has 0 amide bonds. The van der Waals surface area contributed by atoms with Crippen molar-refractivity contribution in [2.75, 3.05) is 30.4 Å². The summed E-state index contributed by atoms with van der Waals surface area (Å²) in [5.74, 6) is 0.855. The molecular weight excluding hydrogens is 342 g/mol. The van der Waals surface area contributed by atoms with Crippen molar-refractivity contribution in [2.45, 2.75) is 6.42 Å². The Bertz CT molecular complexity index is 741. The SMILES string of the molecule is CN(CCCNc1ccc2ncc(Br)n2n1)c1ccccc1. The number of halogens is 1. The summed E-state index contributed by atoms with van der Waals surface area (Å²) in [6, 6.07) is 14.3. The molecule has 0 spiro atoms. The van der Waals surface area contributed by atoms with Crippen molar-refractivity contribution in [3.63, 3.8) is 0 Å². The van der Waals surface area contributed by atoms with E-state index in [1.165, 1.54) is 5.69 Å².